The number of nitro groups is 1. The second kappa shape index (κ2) is 8.45. The average Bonchev–Trinajstić information content (AvgIpc) is 3.47. The van der Waals surface area contributed by atoms with Gasteiger partial charge in [-0.15, -0.1) is 0 Å². The first-order valence-corrected chi connectivity index (χ1v) is 11.7. The third kappa shape index (κ3) is 3.59. The van der Waals surface area contributed by atoms with Crippen LogP contribution in [0.15, 0.2) is 53.2 Å². The van der Waals surface area contributed by atoms with E-state index in [1.165, 1.54) is 13.2 Å². The van der Waals surface area contributed by atoms with Crippen LogP contribution in [0.2, 0.25) is 0 Å². The standard InChI is InChI=1S/C25H25N7O4/c1-30-11-5-9-25(30)14-31(15-25)19-13-22(35-2)18(12-20(19)32(33)34)28-24-26-10-8-17(27-24)23-16-6-3-4-7-21(16)36-29-23/h3-4,6-8,10,12-13H,5,9,11,14-15H2,1-2H3,(H,26,27,28). The number of anilines is 3. The largest absolute Gasteiger partial charge is 0.494 e. The molecule has 0 bridgehead atoms. The summed E-state index contributed by atoms with van der Waals surface area (Å²) in [5.41, 5.74) is 2.89. The van der Waals surface area contributed by atoms with Crippen LogP contribution in [-0.4, -0.2) is 64.3 Å². The van der Waals surface area contributed by atoms with Crippen LogP contribution in [0.4, 0.5) is 23.0 Å². The fraction of sp³-hybridized carbons (Fsp3) is 0.320. The molecule has 2 aromatic heterocycles. The van der Waals surface area contributed by atoms with Gasteiger partial charge in [-0.25, -0.2) is 9.97 Å². The molecule has 0 saturated carbocycles. The van der Waals surface area contributed by atoms with Crippen LogP contribution < -0.4 is 15.0 Å². The second-order valence-electron chi connectivity index (χ2n) is 9.32. The molecule has 2 fully saturated rings. The van der Waals surface area contributed by atoms with Crippen molar-refractivity contribution in [1.82, 2.24) is 20.0 Å². The molecule has 0 unspecified atom stereocenters. The van der Waals surface area contributed by atoms with Crippen molar-refractivity contribution in [3.8, 4) is 17.1 Å². The van der Waals surface area contributed by atoms with E-state index in [0.29, 0.717) is 34.1 Å². The molecule has 0 amide bonds. The van der Waals surface area contributed by atoms with Crippen LogP contribution in [0.5, 0.6) is 5.75 Å². The molecule has 0 atom stereocenters. The lowest BCUT2D eigenvalue weighted by Gasteiger charge is -2.52. The summed E-state index contributed by atoms with van der Waals surface area (Å²) in [7, 11) is 3.67. The summed E-state index contributed by atoms with van der Waals surface area (Å²) < 4.78 is 11.0. The number of ether oxygens (including phenoxy) is 1. The average molecular weight is 488 g/mol. The number of benzene rings is 2. The maximum atomic E-state index is 12.0. The fourth-order valence-corrected chi connectivity index (χ4v) is 5.27. The summed E-state index contributed by atoms with van der Waals surface area (Å²) in [5, 5.41) is 20.1. The predicted octanol–water partition coefficient (Wildman–Crippen LogP) is 4.23. The molecule has 1 spiro atoms. The smallest absolute Gasteiger partial charge is 0.294 e. The van der Waals surface area contributed by atoms with Crippen molar-refractivity contribution in [2.75, 3.05) is 44.0 Å². The summed E-state index contributed by atoms with van der Waals surface area (Å²) in [6.07, 6.45) is 3.86. The van der Waals surface area contributed by atoms with E-state index in [1.54, 1.807) is 18.3 Å². The van der Waals surface area contributed by atoms with Crippen LogP contribution in [0, 0.1) is 10.1 Å². The first-order valence-electron chi connectivity index (χ1n) is 11.7. The van der Waals surface area contributed by atoms with E-state index < -0.39 is 0 Å². The highest BCUT2D eigenvalue weighted by Crippen LogP contribution is 2.45. The number of aromatic nitrogens is 3. The van der Waals surface area contributed by atoms with Crippen LogP contribution in [0.3, 0.4) is 0 Å². The lowest BCUT2D eigenvalue weighted by Crippen LogP contribution is -2.67. The van der Waals surface area contributed by atoms with Crippen LogP contribution in [0.25, 0.3) is 22.4 Å². The normalized spacial score (nSPS) is 16.9. The van der Waals surface area contributed by atoms with Gasteiger partial charge in [-0.2, -0.15) is 0 Å². The van der Waals surface area contributed by atoms with E-state index in [9.17, 15) is 10.1 Å². The number of hydrogen-bond acceptors (Lipinski definition) is 10. The third-order valence-corrected chi connectivity index (χ3v) is 7.27. The Labute approximate surface area is 206 Å². The molecule has 184 valence electrons. The highest BCUT2D eigenvalue weighted by atomic mass is 16.6. The van der Waals surface area contributed by atoms with E-state index in [-0.39, 0.29) is 22.1 Å². The van der Waals surface area contributed by atoms with Crippen molar-refractivity contribution < 1.29 is 14.2 Å². The molecule has 36 heavy (non-hydrogen) atoms. The molecule has 2 aliphatic heterocycles. The molecule has 11 heteroatoms. The van der Waals surface area contributed by atoms with Crippen molar-refractivity contribution in [2.45, 2.75) is 18.4 Å². The first-order chi connectivity index (χ1) is 17.5. The lowest BCUT2D eigenvalue weighted by atomic mass is 9.86. The Balaban J connectivity index is 1.31. The number of para-hydroxylation sites is 1. The minimum atomic E-state index is -0.359. The number of fused-ring (bicyclic) bond motifs is 1. The number of methoxy groups -OCH3 is 1. The maximum absolute atomic E-state index is 12.0. The summed E-state index contributed by atoms with van der Waals surface area (Å²) >= 11 is 0. The summed E-state index contributed by atoms with van der Waals surface area (Å²) in [6.45, 7) is 2.58. The monoisotopic (exact) mass is 487 g/mol. The maximum Gasteiger partial charge on any atom is 0.294 e. The third-order valence-electron chi connectivity index (χ3n) is 7.27. The van der Waals surface area contributed by atoms with Gasteiger partial charge < -0.3 is 19.5 Å². The van der Waals surface area contributed by atoms with Gasteiger partial charge in [-0.3, -0.25) is 15.0 Å². The number of rotatable bonds is 6. The zero-order chi connectivity index (χ0) is 24.9. The second-order valence-corrected chi connectivity index (χ2v) is 9.32. The molecule has 1 N–H and O–H groups in total. The Bertz CT molecular complexity index is 1460. The van der Waals surface area contributed by atoms with Gasteiger partial charge in [-0.05, 0) is 44.6 Å². The topological polar surface area (TPSA) is 123 Å². The lowest BCUT2D eigenvalue weighted by molar-refractivity contribution is -0.384. The van der Waals surface area contributed by atoms with Gasteiger partial charge in [0.05, 0.1) is 34.3 Å². The molecule has 2 saturated heterocycles. The van der Waals surface area contributed by atoms with E-state index in [1.807, 2.05) is 24.3 Å². The van der Waals surface area contributed by atoms with E-state index >= 15 is 0 Å². The Hall–Kier alpha value is -4.25. The van der Waals surface area contributed by atoms with Crippen LogP contribution >= 0.6 is 0 Å². The first kappa shape index (κ1) is 22.2. The number of nitro benzene ring substituents is 1. The molecule has 2 aliphatic rings. The van der Waals surface area contributed by atoms with Crippen molar-refractivity contribution >= 4 is 34.0 Å². The predicted molar refractivity (Wildman–Crippen MR) is 135 cm³/mol. The summed E-state index contributed by atoms with van der Waals surface area (Å²) in [4.78, 5) is 25.0. The Kier molecular flexibility index (Phi) is 5.22. The molecular weight excluding hydrogens is 462 g/mol. The number of hydrogen-bond donors (Lipinski definition) is 1. The number of likely N-dealkylation sites (tertiary alicyclic amines) is 1. The van der Waals surface area contributed by atoms with Gasteiger partial charge in [-0.1, -0.05) is 17.3 Å². The quantitative estimate of drug-likeness (QED) is 0.312. The summed E-state index contributed by atoms with van der Waals surface area (Å²) in [6, 6.07) is 12.5. The molecule has 11 nitrogen and oxygen atoms in total. The highest BCUT2D eigenvalue weighted by Gasteiger charge is 2.49. The summed E-state index contributed by atoms with van der Waals surface area (Å²) in [5.74, 6) is 0.729. The molecule has 6 rings (SSSR count). The van der Waals surface area contributed by atoms with Crippen molar-refractivity contribution in [3.63, 3.8) is 0 Å². The van der Waals surface area contributed by atoms with E-state index in [0.717, 1.165) is 37.9 Å². The van der Waals surface area contributed by atoms with Gasteiger partial charge in [0, 0.05) is 31.4 Å². The molecule has 4 aromatic rings. The van der Waals surface area contributed by atoms with Gasteiger partial charge in [0.25, 0.3) is 5.69 Å². The van der Waals surface area contributed by atoms with E-state index in [2.05, 4.69) is 37.3 Å². The minimum Gasteiger partial charge on any atom is -0.494 e. The van der Waals surface area contributed by atoms with Gasteiger partial charge >= 0.3 is 0 Å². The minimum absolute atomic E-state index is 0.00690. The van der Waals surface area contributed by atoms with Crippen LogP contribution in [0.1, 0.15) is 12.8 Å². The van der Waals surface area contributed by atoms with Crippen molar-refractivity contribution in [3.05, 3.63) is 58.8 Å². The van der Waals surface area contributed by atoms with Crippen LogP contribution in [-0.2, 0) is 0 Å². The molecular formula is C25H25N7O4. The van der Waals surface area contributed by atoms with Gasteiger partial charge in [0.15, 0.2) is 5.58 Å². The van der Waals surface area contributed by atoms with Gasteiger partial charge in [0.2, 0.25) is 5.95 Å². The zero-order valence-electron chi connectivity index (χ0n) is 20.0. The molecule has 4 heterocycles. The number of nitrogens with one attached hydrogen (secondary N) is 1. The van der Waals surface area contributed by atoms with E-state index in [4.69, 9.17) is 9.26 Å². The van der Waals surface area contributed by atoms with Crippen molar-refractivity contribution in [1.29, 1.82) is 0 Å². The Morgan fingerprint density at radius 3 is 2.81 bits per heavy atom. The number of nitrogens with zero attached hydrogens (tertiary/aromatic N) is 6. The Morgan fingerprint density at radius 2 is 2.06 bits per heavy atom. The molecule has 0 radical (unpaired) electrons. The number of likely N-dealkylation sites (N-methyl/N-ethyl adjacent to an activating group) is 1. The van der Waals surface area contributed by atoms with Gasteiger partial charge in [0.1, 0.15) is 17.1 Å². The zero-order valence-corrected chi connectivity index (χ0v) is 20.0. The van der Waals surface area contributed by atoms with Crippen molar-refractivity contribution in [2.24, 2.45) is 0 Å². The molecule has 0 aliphatic carbocycles. The molecule has 2 aromatic carbocycles. The fourth-order valence-electron chi connectivity index (χ4n) is 5.27. The SMILES string of the molecule is COc1cc(N2CC3(CCCN3C)C2)c([N+](=O)[O-])cc1Nc1nccc(-c2noc3ccccc23)n1. The highest BCUT2D eigenvalue weighted by molar-refractivity contribution is 5.90. The Morgan fingerprint density at radius 1 is 1.22 bits per heavy atom.